The molecule has 6 heteroatoms. The third-order valence-corrected chi connectivity index (χ3v) is 5.27. The summed E-state index contributed by atoms with van der Waals surface area (Å²) < 4.78 is 1.42. The van der Waals surface area contributed by atoms with Gasteiger partial charge in [0.05, 0.1) is 17.1 Å². The van der Waals surface area contributed by atoms with E-state index in [1.54, 1.807) is 0 Å². The lowest BCUT2D eigenvalue weighted by Crippen LogP contribution is -2.28. The van der Waals surface area contributed by atoms with Crippen LogP contribution in [0.1, 0.15) is 74.7 Å². The number of aromatic nitrogens is 2. The number of aliphatic imine (C=N–C) groups is 1. The summed E-state index contributed by atoms with van der Waals surface area (Å²) in [5.41, 5.74) is 7.07. The van der Waals surface area contributed by atoms with Crippen LogP contribution in [-0.2, 0) is 0 Å². The van der Waals surface area contributed by atoms with Crippen LogP contribution in [0.4, 0.5) is 11.4 Å². The Balaban J connectivity index is 2.25. The Bertz CT molecular complexity index is 1060. The average Bonchev–Trinajstić information content (AvgIpc) is 2.93. The molecule has 0 radical (unpaired) electrons. The highest BCUT2D eigenvalue weighted by atomic mass is 16.1. The van der Waals surface area contributed by atoms with Crippen molar-refractivity contribution in [1.29, 1.82) is 0 Å². The Labute approximate surface area is 173 Å². The van der Waals surface area contributed by atoms with Crippen molar-refractivity contribution in [2.45, 2.75) is 60.3 Å². The molecule has 0 unspecified atom stereocenters. The van der Waals surface area contributed by atoms with Gasteiger partial charge in [-0.15, -0.1) is 0 Å². The maximum atomic E-state index is 13.2. The lowest BCUT2D eigenvalue weighted by Gasteiger charge is -2.17. The molecule has 6 nitrogen and oxygen atoms in total. The standard InChI is InChI=1S/C23H31N5O/c1-12(2)18-19(13(3)4)25-22-21(16(7)26-28(22)23(18)29)24-20-14(5)10-17(27(8)9)11-15(20)6/h10-13H,1-9H3. The molecule has 0 fully saturated rings. The molecule has 0 bridgehead atoms. The molecular weight excluding hydrogens is 362 g/mol. The van der Waals surface area contributed by atoms with Crippen molar-refractivity contribution < 1.29 is 0 Å². The topological polar surface area (TPSA) is 62.9 Å². The Morgan fingerprint density at radius 2 is 1.59 bits per heavy atom. The van der Waals surface area contributed by atoms with Crippen LogP contribution in [0, 0.1) is 13.8 Å². The van der Waals surface area contributed by atoms with Crippen LogP contribution in [0.2, 0.25) is 0 Å². The molecule has 1 aromatic heterocycles. The zero-order valence-corrected chi connectivity index (χ0v) is 19.0. The third-order valence-electron chi connectivity index (χ3n) is 5.27. The largest absolute Gasteiger partial charge is 0.378 e. The Hall–Kier alpha value is -2.76. The minimum absolute atomic E-state index is 0.0877. The van der Waals surface area contributed by atoms with Crippen LogP contribution in [0.15, 0.2) is 27.0 Å². The van der Waals surface area contributed by atoms with Gasteiger partial charge in [0.15, 0.2) is 5.82 Å². The summed E-state index contributed by atoms with van der Waals surface area (Å²) in [4.78, 5) is 25.1. The second-order valence-corrected chi connectivity index (χ2v) is 8.63. The van der Waals surface area contributed by atoms with Crippen molar-refractivity contribution in [2.75, 3.05) is 19.0 Å². The molecule has 154 valence electrons. The Morgan fingerprint density at radius 1 is 1.00 bits per heavy atom. The van der Waals surface area contributed by atoms with Gasteiger partial charge in [-0.25, -0.2) is 9.98 Å². The van der Waals surface area contributed by atoms with Crippen molar-refractivity contribution in [2.24, 2.45) is 10.1 Å². The van der Waals surface area contributed by atoms with E-state index in [4.69, 9.17) is 9.98 Å². The zero-order chi connectivity index (χ0) is 21.6. The van der Waals surface area contributed by atoms with Gasteiger partial charge in [0.25, 0.3) is 5.56 Å². The van der Waals surface area contributed by atoms with Gasteiger partial charge in [0, 0.05) is 25.3 Å². The van der Waals surface area contributed by atoms with Gasteiger partial charge in [-0.1, -0.05) is 27.7 Å². The number of aryl methyl sites for hydroxylation is 2. The first-order valence-electron chi connectivity index (χ1n) is 10.1. The van der Waals surface area contributed by atoms with Crippen molar-refractivity contribution in [3.05, 3.63) is 50.7 Å². The molecule has 0 N–H and O–H groups in total. The van der Waals surface area contributed by atoms with Crippen LogP contribution >= 0.6 is 0 Å². The molecule has 1 aliphatic heterocycles. The van der Waals surface area contributed by atoms with E-state index >= 15 is 0 Å². The van der Waals surface area contributed by atoms with Crippen molar-refractivity contribution in [3.63, 3.8) is 0 Å². The first-order chi connectivity index (χ1) is 13.5. The SMILES string of the molecule is CC1=Nn2c(nc(C(C)C)c(C(C)C)c2=O)C1=Nc1c(C)cc(N(C)C)cc1C. The monoisotopic (exact) mass is 393 g/mol. The van der Waals surface area contributed by atoms with Crippen LogP contribution in [0.5, 0.6) is 0 Å². The number of nitrogens with zero attached hydrogens (tertiary/aromatic N) is 5. The van der Waals surface area contributed by atoms with Gasteiger partial charge in [-0.3, -0.25) is 4.79 Å². The van der Waals surface area contributed by atoms with Crippen LogP contribution < -0.4 is 10.5 Å². The summed E-state index contributed by atoms with van der Waals surface area (Å²) in [6.45, 7) is 14.2. The minimum atomic E-state index is -0.0883. The lowest BCUT2D eigenvalue weighted by molar-refractivity contribution is 0.685. The van der Waals surface area contributed by atoms with E-state index in [0.29, 0.717) is 17.2 Å². The molecule has 1 aliphatic rings. The molecule has 2 heterocycles. The lowest BCUT2D eigenvalue weighted by atomic mass is 9.96. The Kier molecular flexibility index (Phi) is 5.48. The first kappa shape index (κ1) is 21.0. The molecule has 0 aliphatic carbocycles. The predicted molar refractivity (Wildman–Crippen MR) is 122 cm³/mol. The fourth-order valence-corrected chi connectivity index (χ4v) is 3.74. The van der Waals surface area contributed by atoms with Gasteiger partial charge in [-0.2, -0.15) is 9.78 Å². The molecular formula is C23H31N5O. The summed E-state index contributed by atoms with van der Waals surface area (Å²) in [6.07, 6.45) is 0. The molecule has 0 saturated heterocycles. The van der Waals surface area contributed by atoms with E-state index in [1.807, 2.05) is 34.9 Å². The second kappa shape index (κ2) is 7.58. The number of rotatable bonds is 4. The fourth-order valence-electron chi connectivity index (χ4n) is 3.74. The van der Waals surface area contributed by atoms with Gasteiger partial charge in [0.1, 0.15) is 5.71 Å². The van der Waals surface area contributed by atoms with Gasteiger partial charge in [0.2, 0.25) is 0 Å². The molecule has 0 spiro atoms. The number of benzene rings is 1. The van der Waals surface area contributed by atoms with E-state index in [1.165, 1.54) is 4.68 Å². The zero-order valence-electron chi connectivity index (χ0n) is 19.0. The molecule has 1 aromatic carbocycles. The van der Waals surface area contributed by atoms with E-state index in [2.05, 4.69) is 49.8 Å². The minimum Gasteiger partial charge on any atom is -0.378 e. The smallest absolute Gasteiger partial charge is 0.278 e. The van der Waals surface area contributed by atoms with Crippen LogP contribution in [0.3, 0.4) is 0 Å². The molecule has 0 saturated carbocycles. The van der Waals surface area contributed by atoms with E-state index < -0.39 is 0 Å². The summed E-state index contributed by atoms with van der Waals surface area (Å²) in [5.74, 6) is 0.775. The Morgan fingerprint density at radius 3 is 2.07 bits per heavy atom. The van der Waals surface area contributed by atoms with E-state index in [9.17, 15) is 4.79 Å². The van der Waals surface area contributed by atoms with Crippen molar-refractivity contribution >= 4 is 22.8 Å². The number of fused-ring (bicyclic) bond motifs is 1. The second-order valence-electron chi connectivity index (χ2n) is 8.63. The highest BCUT2D eigenvalue weighted by Crippen LogP contribution is 2.30. The number of hydrogen-bond donors (Lipinski definition) is 0. The van der Waals surface area contributed by atoms with E-state index in [0.717, 1.165) is 33.8 Å². The molecule has 3 rings (SSSR count). The quantitative estimate of drug-likeness (QED) is 0.766. The van der Waals surface area contributed by atoms with Gasteiger partial charge < -0.3 is 4.90 Å². The molecule has 0 amide bonds. The number of anilines is 1. The van der Waals surface area contributed by atoms with Gasteiger partial charge in [-0.05, 0) is 55.9 Å². The van der Waals surface area contributed by atoms with Crippen molar-refractivity contribution in [1.82, 2.24) is 9.66 Å². The van der Waals surface area contributed by atoms with Crippen molar-refractivity contribution in [3.8, 4) is 0 Å². The first-order valence-corrected chi connectivity index (χ1v) is 10.1. The molecule has 2 aromatic rings. The normalized spacial score (nSPS) is 14.7. The highest BCUT2D eigenvalue weighted by molar-refractivity contribution is 6.48. The van der Waals surface area contributed by atoms with Gasteiger partial charge >= 0.3 is 0 Å². The fraction of sp³-hybridized carbons (Fsp3) is 0.478. The number of hydrogen-bond acceptors (Lipinski definition) is 5. The third kappa shape index (κ3) is 3.63. The maximum Gasteiger partial charge on any atom is 0.278 e. The summed E-state index contributed by atoms with van der Waals surface area (Å²) in [6, 6.07) is 4.24. The summed E-state index contributed by atoms with van der Waals surface area (Å²) in [5, 5.41) is 4.50. The highest BCUT2D eigenvalue weighted by Gasteiger charge is 2.28. The van der Waals surface area contributed by atoms with Crippen LogP contribution in [-0.4, -0.2) is 35.2 Å². The summed E-state index contributed by atoms with van der Waals surface area (Å²) in [7, 11) is 4.06. The van der Waals surface area contributed by atoms with E-state index in [-0.39, 0.29) is 17.4 Å². The summed E-state index contributed by atoms with van der Waals surface area (Å²) >= 11 is 0. The predicted octanol–water partition coefficient (Wildman–Crippen LogP) is 4.53. The van der Waals surface area contributed by atoms with Crippen LogP contribution in [0.25, 0.3) is 0 Å². The molecule has 0 atom stereocenters. The maximum absolute atomic E-state index is 13.2. The molecule has 29 heavy (non-hydrogen) atoms. The average molecular weight is 394 g/mol.